The number of aliphatic hydroxyl groups is 1. The van der Waals surface area contributed by atoms with E-state index in [1.807, 2.05) is 23.9 Å². The van der Waals surface area contributed by atoms with Gasteiger partial charge in [-0.2, -0.15) is 5.10 Å². The van der Waals surface area contributed by atoms with Crippen LogP contribution in [0.1, 0.15) is 42.3 Å². The summed E-state index contributed by atoms with van der Waals surface area (Å²) < 4.78 is 1.86. The van der Waals surface area contributed by atoms with Gasteiger partial charge in [0, 0.05) is 17.1 Å². The van der Waals surface area contributed by atoms with E-state index < -0.39 is 0 Å². The highest BCUT2D eigenvalue weighted by Crippen LogP contribution is 2.75. The van der Waals surface area contributed by atoms with Gasteiger partial charge in [-0.15, -0.1) is 0 Å². The molecule has 5 rings (SSSR count). The molecule has 2 aromatic heterocycles. The number of hydrogen-bond donors (Lipinski definition) is 1. The van der Waals surface area contributed by atoms with Gasteiger partial charge in [0.2, 0.25) is 0 Å². The Morgan fingerprint density at radius 2 is 2.13 bits per heavy atom. The van der Waals surface area contributed by atoms with E-state index in [2.05, 4.69) is 33.3 Å². The molecule has 1 spiro atoms. The van der Waals surface area contributed by atoms with Crippen LogP contribution in [0.2, 0.25) is 0 Å². The number of aliphatic hydroxyl groups excluding tert-OH is 1. The lowest BCUT2D eigenvalue weighted by Gasteiger charge is -2.07. The van der Waals surface area contributed by atoms with Crippen LogP contribution in [0.25, 0.3) is 16.7 Å². The van der Waals surface area contributed by atoms with Crippen LogP contribution < -0.4 is 0 Å². The number of hydrogen-bond acceptors (Lipinski definition) is 4. The summed E-state index contributed by atoms with van der Waals surface area (Å²) >= 11 is 0. The average Bonchev–Trinajstić information content (AvgIpc) is 3.45. The van der Waals surface area contributed by atoms with Crippen LogP contribution in [-0.2, 0) is 6.61 Å². The van der Waals surface area contributed by atoms with Crippen molar-refractivity contribution >= 4 is 10.9 Å². The van der Waals surface area contributed by atoms with E-state index in [0.717, 1.165) is 22.5 Å². The number of rotatable bonds is 3. The van der Waals surface area contributed by atoms with Crippen LogP contribution >= 0.6 is 0 Å². The summed E-state index contributed by atoms with van der Waals surface area (Å²) in [5.41, 5.74) is 3.98. The zero-order valence-electron chi connectivity index (χ0n) is 13.0. The van der Waals surface area contributed by atoms with Gasteiger partial charge in [-0.1, -0.05) is 12.1 Å². The molecule has 0 saturated heterocycles. The van der Waals surface area contributed by atoms with Gasteiger partial charge in [0.25, 0.3) is 0 Å². The number of aromatic nitrogens is 4. The lowest BCUT2D eigenvalue weighted by Crippen LogP contribution is -2.05. The summed E-state index contributed by atoms with van der Waals surface area (Å²) in [7, 11) is 0. The number of fused-ring (bicyclic) bond motifs is 1. The Morgan fingerprint density at radius 1 is 1.26 bits per heavy atom. The molecular formula is C18H18N4O. The first-order chi connectivity index (χ1) is 11.2. The van der Waals surface area contributed by atoms with Gasteiger partial charge >= 0.3 is 0 Å². The summed E-state index contributed by atoms with van der Waals surface area (Å²) in [5, 5.41) is 14.9. The van der Waals surface area contributed by atoms with Crippen LogP contribution in [0.5, 0.6) is 0 Å². The third-order valence-electron chi connectivity index (χ3n) is 5.32. The molecule has 5 heteroatoms. The van der Waals surface area contributed by atoms with Gasteiger partial charge in [0.1, 0.15) is 6.61 Å². The van der Waals surface area contributed by atoms with Crippen molar-refractivity contribution in [3.63, 3.8) is 0 Å². The molecular weight excluding hydrogens is 288 g/mol. The second-order valence-corrected chi connectivity index (χ2v) is 6.94. The maximum Gasteiger partial charge on any atom is 0.158 e. The molecule has 0 bridgehead atoms. The second kappa shape index (κ2) is 4.38. The molecule has 2 heterocycles. The number of aryl methyl sites for hydroxylation is 1. The fourth-order valence-electron chi connectivity index (χ4n) is 3.76. The summed E-state index contributed by atoms with van der Waals surface area (Å²) in [6, 6.07) is 8.56. The van der Waals surface area contributed by atoms with E-state index in [0.29, 0.717) is 17.1 Å². The van der Waals surface area contributed by atoms with Crippen molar-refractivity contribution in [2.24, 2.45) is 5.41 Å². The van der Waals surface area contributed by atoms with Gasteiger partial charge in [-0.25, -0.2) is 14.6 Å². The van der Waals surface area contributed by atoms with Gasteiger partial charge in [0.15, 0.2) is 11.6 Å². The molecule has 2 saturated carbocycles. The fraction of sp³-hybridized carbons (Fsp3) is 0.389. The Balaban J connectivity index is 1.63. The lowest BCUT2D eigenvalue weighted by molar-refractivity contribution is 0.271. The Morgan fingerprint density at radius 3 is 2.87 bits per heavy atom. The standard InChI is InChI=1S/C18H18N4O/c1-11-6-17(21-16(10-23)20-11)22-15-7-12(2-3-13(15)9-19-22)14-8-18(14)4-5-18/h2-3,6-7,9,14,23H,4-5,8,10H2,1H3. The molecule has 1 aromatic carbocycles. The van der Waals surface area contributed by atoms with Crippen molar-refractivity contribution in [3.05, 3.63) is 47.5 Å². The molecule has 2 fully saturated rings. The summed E-state index contributed by atoms with van der Waals surface area (Å²) in [5.74, 6) is 1.87. The van der Waals surface area contributed by atoms with Crippen molar-refractivity contribution in [3.8, 4) is 5.82 Å². The van der Waals surface area contributed by atoms with Crippen LogP contribution in [0.3, 0.4) is 0 Å². The molecule has 116 valence electrons. The number of benzene rings is 1. The van der Waals surface area contributed by atoms with Crippen LogP contribution in [0, 0.1) is 12.3 Å². The monoisotopic (exact) mass is 306 g/mol. The highest BCUT2D eigenvalue weighted by atomic mass is 16.3. The highest BCUT2D eigenvalue weighted by Gasteiger charge is 2.62. The second-order valence-electron chi connectivity index (χ2n) is 6.94. The normalized spacial score (nSPS) is 21.0. The van der Waals surface area contributed by atoms with Crippen LogP contribution in [-0.4, -0.2) is 24.9 Å². The summed E-state index contributed by atoms with van der Waals surface area (Å²) in [4.78, 5) is 8.64. The molecule has 23 heavy (non-hydrogen) atoms. The van der Waals surface area contributed by atoms with Crippen molar-refractivity contribution in [1.82, 2.24) is 19.7 Å². The van der Waals surface area contributed by atoms with E-state index in [1.54, 1.807) is 0 Å². The molecule has 2 aliphatic carbocycles. The Labute approximate surface area is 134 Å². The maximum atomic E-state index is 9.33. The zero-order chi connectivity index (χ0) is 15.6. The van der Waals surface area contributed by atoms with E-state index in [9.17, 15) is 5.11 Å². The third kappa shape index (κ3) is 2.00. The maximum absolute atomic E-state index is 9.33. The fourth-order valence-corrected chi connectivity index (χ4v) is 3.76. The zero-order valence-corrected chi connectivity index (χ0v) is 13.0. The average molecular weight is 306 g/mol. The Kier molecular flexibility index (Phi) is 2.52. The van der Waals surface area contributed by atoms with Crippen molar-refractivity contribution in [2.45, 2.75) is 38.7 Å². The third-order valence-corrected chi connectivity index (χ3v) is 5.32. The molecule has 1 atom stereocenters. The van der Waals surface area contributed by atoms with Crippen LogP contribution in [0.15, 0.2) is 30.5 Å². The molecule has 0 amide bonds. The molecule has 2 aliphatic rings. The topological polar surface area (TPSA) is 63.8 Å². The Bertz CT molecular complexity index is 926. The Hall–Kier alpha value is -2.27. The molecule has 0 aliphatic heterocycles. The van der Waals surface area contributed by atoms with E-state index in [1.165, 1.54) is 24.8 Å². The van der Waals surface area contributed by atoms with Crippen LogP contribution in [0.4, 0.5) is 0 Å². The molecule has 5 nitrogen and oxygen atoms in total. The van der Waals surface area contributed by atoms with Gasteiger partial charge < -0.3 is 5.11 Å². The predicted octanol–water partition coefficient (Wildman–Crippen LogP) is 2.88. The predicted molar refractivity (Wildman–Crippen MR) is 86.3 cm³/mol. The summed E-state index contributed by atoms with van der Waals surface area (Å²) in [6.07, 6.45) is 5.99. The van der Waals surface area contributed by atoms with Gasteiger partial charge in [-0.05, 0) is 49.1 Å². The van der Waals surface area contributed by atoms with E-state index in [4.69, 9.17) is 0 Å². The first-order valence-electron chi connectivity index (χ1n) is 8.12. The summed E-state index contributed by atoms with van der Waals surface area (Å²) in [6.45, 7) is 1.74. The largest absolute Gasteiger partial charge is 0.388 e. The number of nitrogens with zero attached hydrogens (tertiary/aromatic N) is 4. The first kappa shape index (κ1) is 13.2. The SMILES string of the molecule is Cc1cc(-n2ncc3ccc(C4CC45CC5)cc32)nc(CO)n1. The quantitative estimate of drug-likeness (QED) is 0.808. The van der Waals surface area contributed by atoms with Gasteiger partial charge in [0.05, 0.1) is 11.7 Å². The molecule has 1 N–H and O–H groups in total. The van der Waals surface area contributed by atoms with E-state index in [-0.39, 0.29) is 6.61 Å². The molecule has 1 unspecified atom stereocenters. The molecule has 3 aromatic rings. The van der Waals surface area contributed by atoms with Gasteiger partial charge in [-0.3, -0.25) is 0 Å². The minimum atomic E-state index is -0.163. The van der Waals surface area contributed by atoms with Crippen molar-refractivity contribution in [2.75, 3.05) is 0 Å². The highest BCUT2D eigenvalue weighted by molar-refractivity contribution is 5.81. The minimum Gasteiger partial charge on any atom is -0.388 e. The lowest BCUT2D eigenvalue weighted by atomic mass is 10.1. The van der Waals surface area contributed by atoms with E-state index >= 15 is 0 Å². The smallest absolute Gasteiger partial charge is 0.158 e. The first-order valence-corrected chi connectivity index (χ1v) is 8.12. The van der Waals surface area contributed by atoms with Crippen molar-refractivity contribution < 1.29 is 5.11 Å². The van der Waals surface area contributed by atoms with Crippen molar-refractivity contribution in [1.29, 1.82) is 0 Å². The molecule has 0 radical (unpaired) electrons. The minimum absolute atomic E-state index is 0.163.